The van der Waals surface area contributed by atoms with Crippen molar-refractivity contribution in [3.63, 3.8) is 0 Å². The van der Waals surface area contributed by atoms with Crippen LogP contribution in [0, 0.1) is 10.1 Å². The largest absolute Gasteiger partial charge is 0.267 e. The first-order valence-electron chi connectivity index (χ1n) is 0.408. The van der Waals surface area contributed by atoms with Crippen molar-refractivity contribution in [2.24, 2.45) is 0 Å². The Morgan fingerprint density at radius 3 is 1.75 bits per heavy atom. The summed E-state index contributed by atoms with van der Waals surface area (Å²) in [5.41, 5.74) is 0. The Labute approximate surface area is 34.8 Å². The quantitative estimate of drug-likeness (QED) is 0.291. The average Bonchev–Trinajstić information content (AvgIpc) is 0.918. The van der Waals surface area contributed by atoms with Gasteiger partial charge in [0.05, 0.1) is 0 Å². The fraction of sp³-hybridized carbons (Fsp3) is 0. The summed E-state index contributed by atoms with van der Waals surface area (Å²) < 4.78 is 0. The molecule has 3 nitrogen and oxygen atoms in total. The molecule has 0 aliphatic carbocycles. The molecule has 0 spiro atoms. The molecule has 0 aromatic carbocycles. The summed E-state index contributed by atoms with van der Waals surface area (Å²) in [6.07, 6.45) is 0. The van der Waals surface area contributed by atoms with E-state index in [1.807, 2.05) is 0 Å². The fourth-order valence-electron chi connectivity index (χ4n) is 0. The molecule has 0 saturated heterocycles. The Bertz CT molecular complexity index is 13.5. The molecular formula is HNO2V. The van der Waals surface area contributed by atoms with E-state index in [0.717, 1.165) is 0 Å². The Morgan fingerprint density at radius 1 is 1.75 bits per heavy atom. The molecule has 0 atom stereocenters. The van der Waals surface area contributed by atoms with Crippen molar-refractivity contribution in [2.75, 3.05) is 0 Å². The van der Waals surface area contributed by atoms with E-state index in [1.54, 1.807) is 0 Å². The molecule has 0 bridgehead atoms. The van der Waals surface area contributed by atoms with E-state index < -0.39 is 0 Å². The van der Waals surface area contributed by atoms with E-state index in [0.29, 0.717) is 0 Å². The van der Waals surface area contributed by atoms with Crippen molar-refractivity contribution < 1.29 is 23.9 Å². The Kier molecular flexibility index (Phi) is 27.3. The Hall–Kier alpha value is -0.0156. The molecule has 1 radical (unpaired) electrons. The van der Waals surface area contributed by atoms with Crippen molar-refractivity contribution >= 4 is 0 Å². The minimum atomic E-state index is 0. The van der Waals surface area contributed by atoms with Crippen LogP contribution < -0.4 is 5.34 Å². The van der Waals surface area contributed by atoms with Gasteiger partial charge in [0.25, 0.3) is 0 Å². The number of nitrogens with one attached hydrogen (secondary N) is 1. The third-order valence-corrected chi connectivity index (χ3v) is 0. The van der Waals surface area contributed by atoms with Gasteiger partial charge in [-0.1, -0.05) is 0 Å². The van der Waals surface area contributed by atoms with Crippen LogP contribution in [-0.2, 0) is 18.6 Å². The van der Waals surface area contributed by atoms with Crippen molar-refractivity contribution in [3.8, 4) is 0 Å². The molecule has 23 valence electrons. The first-order chi connectivity index (χ1) is 1.41. The van der Waals surface area contributed by atoms with Crippen LogP contribution in [0.5, 0.6) is 0 Å². The number of hydrogen-bond acceptors (Lipinski definition) is 2. The maximum atomic E-state index is 8.12. The number of hydrogen-bond donors (Lipinski definition) is 1. The standard InChI is InChI=1S/HNO2.V/c2-1-3;/h1H;. The second kappa shape index (κ2) is 12.1. The van der Waals surface area contributed by atoms with Gasteiger partial charge in [-0.15, -0.1) is 0 Å². The number of rotatable bonds is 0. The third kappa shape index (κ3) is 7920. The molecule has 0 aliphatic rings. The summed E-state index contributed by atoms with van der Waals surface area (Å²) in [5, 5.41) is 8.38. The second-order valence-corrected chi connectivity index (χ2v) is 0.0833. The van der Waals surface area contributed by atoms with E-state index in [1.165, 1.54) is 0 Å². The monoisotopic (exact) mass is 97.9 g/mol. The predicted molar refractivity (Wildman–Crippen MR) is 7.70 cm³/mol. The van der Waals surface area contributed by atoms with E-state index in [-0.39, 0.29) is 23.9 Å². The minimum Gasteiger partial charge on any atom is -0.267 e. The van der Waals surface area contributed by atoms with Crippen LogP contribution in [0.1, 0.15) is 0 Å². The average molecular weight is 98.0 g/mol. The zero-order chi connectivity index (χ0) is 2.71. The Balaban J connectivity index is 0. The molecular weight excluding hydrogens is 96.9 g/mol. The van der Waals surface area contributed by atoms with Crippen molar-refractivity contribution in [1.29, 1.82) is 0 Å². The van der Waals surface area contributed by atoms with Crippen LogP contribution in [0.2, 0.25) is 0 Å². The summed E-state index contributed by atoms with van der Waals surface area (Å²) in [6.45, 7) is 0. The second-order valence-electron chi connectivity index (χ2n) is 0.0833. The smallest absolute Gasteiger partial charge is 0.00366 e. The van der Waals surface area contributed by atoms with Crippen LogP contribution in [0.3, 0.4) is 0 Å². The van der Waals surface area contributed by atoms with Gasteiger partial charge >= 0.3 is 0 Å². The van der Waals surface area contributed by atoms with Gasteiger partial charge in [0.2, 0.25) is 0 Å². The van der Waals surface area contributed by atoms with Crippen molar-refractivity contribution in [1.82, 2.24) is 0 Å². The minimum absolute atomic E-state index is 0. The van der Waals surface area contributed by atoms with Crippen molar-refractivity contribution in [2.45, 2.75) is 0 Å². The SMILES string of the molecule is O=[NH+][O-].[V]. The predicted octanol–water partition coefficient (Wildman–Crippen LogP) is -1.67. The maximum Gasteiger partial charge on any atom is 0.00366 e. The van der Waals surface area contributed by atoms with Gasteiger partial charge in [0, 0.05) is 23.9 Å². The van der Waals surface area contributed by atoms with E-state index in [4.69, 9.17) is 10.1 Å². The first-order valence-corrected chi connectivity index (χ1v) is 0.408. The van der Waals surface area contributed by atoms with E-state index >= 15 is 0 Å². The molecule has 0 aliphatic heterocycles. The zero-order valence-corrected chi connectivity index (χ0v) is 3.16. The van der Waals surface area contributed by atoms with E-state index in [9.17, 15) is 0 Å². The molecule has 0 unspecified atom stereocenters. The van der Waals surface area contributed by atoms with Gasteiger partial charge in [0.1, 0.15) is 0 Å². The van der Waals surface area contributed by atoms with Gasteiger partial charge < -0.3 is 0 Å². The third-order valence-electron chi connectivity index (χ3n) is 0. The summed E-state index contributed by atoms with van der Waals surface area (Å²) >= 11 is 0. The first kappa shape index (κ1) is 9.01. The molecule has 4 heavy (non-hydrogen) atoms. The van der Waals surface area contributed by atoms with Crippen LogP contribution in [0.4, 0.5) is 0 Å². The summed E-state index contributed by atoms with van der Waals surface area (Å²) in [7, 11) is 0. The zero-order valence-electron chi connectivity index (χ0n) is 1.76. The van der Waals surface area contributed by atoms with Gasteiger partial charge in [0.15, 0.2) is 0 Å². The van der Waals surface area contributed by atoms with Gasteiger partial charge in [-0.2, -0.15) is 0 Å². The summed E-state index contributed by atoms with van der Waals surface area (Å²) in [5.74, 6) is 0. The van der Waals surface area contributed by atoms with Gasteiger partial charge in [-0.3, -0.25) is 10.1 Å². The molecule has 0 fully saturated rings. The topological polar surface area (TPSA) is 54.1 Å². The fourth-order valence-corrected chi connectivity index (χ4v) is 0. The maximum absolute atomic E-state index is 8.12. The van der Waals surface area contributed by atoms with Crippen LogP contribution >= 0.6 is 0 Å². The van der Waals surface area contributed by atoms with Crippen LogP contribution in [0.25, 0.3) is 0 Å². The molecule has 0 aromatic heterocycles. The normalized spacial score (nSPS) is 3.00. The molecule has 4 heteroatoms. The van der Waals surface area contributed by atoms with Crippen LogP contribution in [-0.4, -0.2) is 0 Å². The van der Waals surface area contributed by atoms with Gasteiger partial charge in [-0.05, 0) is 0 Å². The Morgan fingerprint density at radius 2 is 1.75 bits per heavy atom. The van der Waals surface area contributed by atoms with Crippen LogP contribution in [0.15, 0.2) is 0 Å². The molecule has 0 rings (SSSR count). The van der Waals surface area contributed by atoms with E-state index in [2.05, 4.69) is 0 Å². The molecule has 1 N–H and O–H groups in total. The molecule has 0 aromatic rings. The van der Waals surface area contributed by atoms with Gasteiger partial charge in [-0.25, -0.2) is 0 Å². The summed E-state index contributed by atoms with van der Waals surface area (Å²) in [6, 6.07) is 0. The molecule has 0 saturated carbocycles. The van der Waals surface area contributed by atoms with Crippen molar-refractivity contribution in [3.05, 3.63) is 10.1 Å². The summed E-state index contributed by atoms with van der Waals surface area (Å²) in [4.78, 5) is 8.12. The molecule has 0 heterocycles. The molecule has 0 amide bonds.